The fourth-order valence-electron chi connectivity index (χ4n) is 2.63. The first-order valence-corrected chi connectivity index (χ1v) is 8.79. The van der Waals surface area contributed by atoms with E-state index in [2.05, 4.69) is 6.92 Å². The molecule has 1 N–H and O–H groups in total. The van der Waals surface area contributed by atoms with Crippen LogP contribution in [0, 0.1) is 5.92 Å². The van der Waals surface area contributed by atoms with E-state index in [1.807, 2.05) is 34.6 Å². The maximum Gasteiger partial charge on any atom is 0.306 e. The first-order chi connectivity index (χ1) is 10.6. The van der Waals surface area contributed by atoms with E-state index >= 15 is 0 Å². The second kappa shape index (κ2) is 9.00. The highest BCUT2D eigenvalue weighted by Gasteiger charge is 2.34. The molecule has 0 aliphatic carbocycles. The van der Waals surface area contributed by atoms with Crippen molar-refractivity contribution in [3.05, 3.63) is 0 Å². The standard InChI is InChI=1S/C18H34O5/c1-12-11-15(19)17(22-14(12)3)21-13(2)9-7-8-10-16(20)23-18(4,5)6/h12-15,17,19H,7-11H2,1-6H3/t12?,13-,14?,15?,17?/m1/s1. The lowest BCUT2D eigenvalue weighted by Gasteiger charge is -2.37. The summed E-state index contributed by atoms with van der Waals surface area (Å²) in [5.74, 6) is 0.189. The summed E-state index contributed by atoms with van der Waals surface area (Å²) in [5, 5.41) is 10.0. The molecule has 1 fully saturated rings. The molecule has 1 heterocycles. The number of carbonyl (C=O) groups excluding carboxylic acids is 1. The van der Waals surface area contributed by atoms with Crippen LogP contribution in [0.2, 0.25) is 0 Å². The Hall–Kier alpha value is -0.650. The molecule has 1 saturated heterocycles. The summed E-state index contributed by atoms with van der Waals surface area (Å²) in [4.78, 5) is 11.6. The first-order valence-electron chi connectivity index (χ1n) is 8.79. The predicted molar refractivity (Wildman–Crippen MR) is 89.0 cm³/mol. The lowest BCUT2D eigenvalue weighted by molar-refractivity contribution is -0.263. The molecular weight excluding hydrogens is 296 g/mol. The topological polar surface area (TPSA) is 65.0 Å². The lowest BCUT2D eigenvalue weighted by atomic mass is 9.95. The third-order valence-corrected chi connectivity index (χ3v) is 4.11. The molecule has 23 heavy (non-hydrogen) atoms. The Balaban J connectivity index is 2.19. The van der Waals surface area contributed by atoms with Gasteiger partial charge in [0.05, 0.1) is 12.2 Å². The summed E-state index contributed by atoms with van der Waals surface area (Å²) in [7, 11) is 0. The van der Waals surface area contributed by atoms with Crippen LogP contribution in [0.25, 0.3) is 0 Å². The fraction of sp³-hybridized carbons (Fsp3) is 0.944. The minimum atomic E-state index is -0.564. The SMILES string of the molecule is CC1CC(O)C(O[C@H](C)CCCCC(=O)OC(C)(C)C)OC1C. The van der Waals surface area contributed by atoms with Crippen molar-refractivity contribution in [1.29, 1.82) is 0 Å². The molecule has 1 aliphatic rings. The van der Waals surface area contributed by atoms with E-state index < -0.39 is 18.0 Å². The van der Waals surface area contributed by atoms with Gasteiger partial charge in [0.2, 0.25) is 0 Å². The van der Waals surface area contributed by atoms with Crippen LogP contribution >= 0.6 is 0 Å². The van der Waals surface area contributed by atoms with Gasteiger partial charge in [-0.1, -0.05) is 13.3 Å². The molecule has 0 amide bonds. The van der Waals surface area contributed by atoms with Gasteiger partial charge in [-0.3, -0.25) is 4.79 Å². The molecule has 5 heteroatoms. The summed E-state index contributed by atoms with van der Waals surface area (Å²) in [6.07, 6.45) is 2.63. The molecule has 5 nitrogen and oxygen atoms in total. The van der Waals surface area contributed by atoms with Gasteiger partial charge in [0.1, 0.15) is 11.7 Å². The van der Waals surface area contributed by atoms with Gasteiger partial charge >= 0.3 is 5.97 Å². The summed E-state index contributed by atoms with van der Waals surface area (Å²) in [6, 6.07) is 0. The number of aliphatic hydroxyl groups excluding tert-OH is 1. The Labute approximate surface area is 140 Å². The Morgan fingerprint density at radius 3 is 2.57 bits per heavy atom. The van der Waals surface area contributed by atoms with Crippen molar-refractivity contribution in [2.75, 3.05) is 0 Å². The van der Waals surface area contributed by atoms with E-state index in [0.29, 0.717) is 18.8 Å². The highest BCUT2D eigenvalue weighted by atomic mass is 16.7. The molecule has 1 rings (SSSR count). The molecule has 0 spiro atoms. The van der Waals surface area contributed by atoms with Crippen molar-refractivity contribution in [3.8, 4) is 0 Å². The van der Waals surface area contributed by atoms with Crippen molar-refractivity contribution < 1.29 is 24.1 Å². The number of rotatable bonds is 7. The van der Waals surface area contributed by atoms with Crippen molar-refractivity contribution in [1.82, 2.24) is 0 Å². The van der Waals surface area contributed by atoms with E-state index in [9.17, 15) is 9.90 Å². The Kier molecular flexibility index (Phi) is 7.98. The Bertz CT molecular complexity index is 363. The molecule has 0 saturated carbocycles. The van der Waals surface area contributed by atoms with E-state index in [1.54, 1.807) is 0 Å². The molecule has 4 unspecified atom stereocenters. The number of hydrogen-bond donors (Lipinski definition) is 1. The van der Waals surface area contributed by atoms with Gasteiger partial charge in [-0.15, -0.1) is 0 Å². The predicted octanol–water partition coefficient (Wildman–Crippen LogP) is 3.43. The second-order valence-electron chi connectivity index (χ2n) is 7.77. The van der Waals surface area contributed by atoms with Crippen LogP contribution in [0.15, 0.2) is 0 Å². The van der Waals surface area contributed by atoms with Gasteiger partial charge in [0.15, 0.2) is 6.29 Å². The maximum absolute atomic E-state index is 11.6. The molecular formula is C18H34O5. The monoisotopic (exact) mass is 330 g/mol. The van der Waals surface area contributed by atoms with Crippen LogP contribution in [0.5, 0.6) is 0 Å². The zero-order valence-electron chi connectivity index (χ0n) is 15.5. The first kappa shape index (κ1) is 20.4. The van der Waals surface area contributed by atoms with E-state index in [1.165, 1.54) is 0 Å². The molecule has 0 aromatic carbocycles. The van der Waals surface area contributed by atoms with Crippen LogP contribution in [0.3, 0.4) is 0 Å². The highest BCUT2D eigenvalue weighted by molar-refractivity contribution is 5.69. The van der Waals surface area contributed by atoms with Gasteiger partial charge < -0.3 is 19.3 Å². The minimum absolute atomic E-state index is 0.00565. The highest BCUT2D eigenvalue weighted by Crippen LogP contribution is 2.26. The molecule has 0 bridgehead atoms. The molecule has 1 aliphatic heterocycles. The number of hydrogen-bond acceptors (Lipinski definition) is 5. The zero-order valence-corrected chi connectivity index (χ0v) is 15.5. The largest absolute Gasteiger partial charge is 0.460 e. The summed E-state index contributed by atoms with van der Waals surface area (Å²) in [6.45, 7) is 11.7. The van der Waals surface area contributed by atoms with Gasteiger partial charge in [-0.2, -0.15) is 0 Å². The van der Waals surface area contributed by atoms with E-state index in [4.69, 9.17) is 14.2 Å². The van der Waals surface area contributed by atoms with Gasteiger partial charge in [0.25, 0.3) is 0 Å². The number of carbonyl (C=O) groups is 1. The average molecular weight is 330 g/mol. The minimum Gasteiger partial charge on any atom is -0.460 e. The number of ether oxygens (including phenoxy) is 3. The van der Waals surface area contributed by atoms with Gasteiger partial charge in [-0.05, 0) is 59.8 Å². The van der Waals surface area contributed by atoms with Crippen molar-refractivity contribution in [2.45, 2.75) is 104 Å². The number of aliphatic hydroxyl groups is 1. The molecule has 5 atom stereocenters. The fourth-order valence-corrected chi connectivity index (χ4v) is 2.63. The number of esters is 1. The summed E-state index contributed by atoms with van der Waals surface area (Å²) >= 11 is 0. The van der Waals surface area contributed by atoms with Crippen LogP contribution in [0.1, 0.15) is 73.6 Å². The summed E-state index contributed by atoms with van der Waals surface area (Å²) in [5.41, 5.74) is -0.421. The molecule has 0 radical (unpaired) electrons. The summed E-state index contributed by atoms with van der Waals surface area (Å²) < 4.78 is 16.8. The molecule has 136 valence electrons. The van der Waals surface area contributed by atoms with E-state index in [-0.39, 0.29) is 18.2 Å². The van der Waals surface area contributed by atoms with Gasteiger partial charge in [-0.25, -0.2) is 0 Å². The third-order valence-electron chi connectivity index (χ3n) is 4.11. The Morgan fingerprint density at radius 1 is 1.30 bits per heavy atom. The van der Waals surface area contributed by atoms with Crippen LogP contribution < -0.4 is 0 Å². The third kappa shape index (κ3) is 8.13. The second-order valence-corrected chi connectivity index (χ2v) is 7.77. The molecule has 0 aromatic heterocycles. The molecule has 0 aromatic rings. The van der Waals surface area contributed by atoms with E-state index in [0.717, 1.165) is 19.3 Å². The Morgan fingerprint density at radius 2 is 1.96 bits per heavy atom. The van der Waals surface area contributed by atoms with Crippen molar-refractivity contribution >= 4 is 5.97 Å². The van der Waals surface area contributed by atoms with Crippen LogP contribution in [0.4, 0.5) is 0 Å². The maximum atomic E-state index is 11.6. The normalized spacial score (nSPS) is 30.0. The van der Waals surface area contributed by atoms with Crippen molar-refractivity contribution in [2.24, 2.45) is 5.92 Å². The average Bonchev–Trinajstić information content (AvgIpc) is 2.39. The van der Waals surface area contributed by atoms with Crippen LogP contribution in [-0.4, -0.2) is 41.3 Å². The van der Waals surface area contributed by atoms with Crippen LogP contribution in [-0.2, 0) is 19.0 Å². The smallest absolute Gasteiger partial charge is 0.306 e. The van der Waals surface area contributed by atoms with Crippen molar-refractivity contribution in [3.63, 3.8) is 0 Å². The number of unbranched alkanes of at least 4 members (excludes halogenated alkanes) is 1. The quantitative estimate of drug-likeness (QED) is 0.572. The van der Waals surface area contributed by atoms with Gasteiger partial charge in [0, 0.05) is 6.42 Å². The lowest BCUT2D eigenvalue weighted by Crippen LogP contribution is -2.44. The zero-order chi connectivity index (χ0) is 17.6.